The Kier molecular flexibility index (Phi) is 13.9. The number of esters is 2. The molecule has 3 rings (SSSR count). The molecule has 230 valence electrons. The zero-order valence-corrected chi connectivity index (χ0v) is 25.0. The minimum atomic E-state index is -0.468. The molecule has 0 fully saturated rings. The standard InChI is InChI=1S/C34H42N2O7/c1-3-29(39-2)18-21-41-31-13-15-32(16-14-31)43-33(37)17-10-25-8-11-30(12-9-25)40-19-6-4-5-7-20-42-34(38)26-22-27(35)24-28(36)23-26/h8-17,22-24,29H,3-7,18-21,35-36H2,1-2H3. The number of rotatable bonds is 18. The average molecular weight is 591 g/mol. The Labute approximate surface area is 253 Å². The molecule has 0 radical (unpaired) electrons. The lowest BCUT2D eigenvalue weighted by Crippen LogP contribution is -2.13. The average Bonchev–Trinajstić information content (AvgIpc) is 3.00. The lowest BCUT2D eigenvalue weighted by Gasteiger charge is -2.13. The SMILES string of the molecule is CCC(CCOc1ccc(OC(=O)C=Cc2ccc(OCCCCCCOC(=O)c3cc(N)cc(N)c3)cc2)cc1)OC. The van der Waals surface area contributed by atoms with E-state index >= 15 is 0 Å². The Balaban J connectivity index is 1.27. The van der Waals surface area contributed by atoms with Gasteiger partial charge in [-0.25, -0.2) is 9.59 Å². The number of hydrogen-bond acceptors (Lipinski definition) is 9. The molecule has 0 aliphatic carbocycles. The Bertz CT molecular complexity index is 1280. The number of nitrogens with two attached hydrogens (primary N) is 2. The van der Waals surface area contributed by atoms with Crippen LogP contribution in [0.4, 0.5) is 11.4 Å². The van der Waals surface area contributed by atoms with Crippen LogP contribution in [-0.4, -0.2) is 45.0 Å². The van der Waals surface area contributed by atoms with Crippen molar-refractivity contribution in [3.8, 4) is 17.2 Å². The van der Waals surface area contributed by atoms with E-state index in [9.17, 15) is 9.59 Å². The molecule has 1 unspecified atom stereocenters. The topological polar surface area (TPSA) is 132 Å². The lowest BCUT2D eigenvalue weighted by atomic mass is 10.2. The largest absolute Gasteiger partial charge is 0.494 e. The van der Waals surface area contributed by atoms with Crippen LogP contribution in [0.1, 0.15) is 61.4 Å². The number of nitrogen functional groups attached to an aromatic ring is 2. The quantitative estimate of drug-likeness (QED) is 0.0563. The first-order valence-electron chi connectivity index (χ1n) is 14.6. The second kappa shape index (κ2) is 18.1. The first-order chi connectivity index (χ1) is 20.9. The van der Waals surface area contributed by atoms with E-state index in [1.165, 1.54) is 6.08 Å². The molecule has 9 heteroatoms. The van der Waals surface area contributed by atoms with Gasteiger partial charge in [-0.3, -0.25) is 0 Å². The minimum Gasteiger partial charge on any atom is -0.494 e. The Morgan fingerprint density at radius 1 is 0.767 bits per heavy atom. The van der Waals surface area contributed by atoms with Crippen LogP contribution in [0.5, 0.6) is 17.2 Å². The maximum Gasteiger partial charge on any atom is 0.338 e. The van der Waals surface area contributed by atoms with Crippen LogP contribution >= 0.6 is 0 Å². The van der Waals surface area contributed by atoms with E-state index in [2.05, 4.69) is 6.92 Å². The highest BCUT2D eigenvalue weighted by Gasteiger charge is 2.09. The van der Waals surface area contributed by atoms with Gasteiger partial charge in [0.15, 0.2) is 0 Å². The molecule has 3 aromatic carbocycles. The van der Waals surface area contributed by atoms with Crippen molar-refractivity contribution in [3.05, 3.63) is 83.9 Å². The summed E-state index contributed by atoms with van der Waals surface area (Å²) in [5, 5.41) is 0. The number of hydrogen-bond donors (Lipinski definition) is 2. The molecular weight excluding hydrogens is 548 g/mol. The first kappa shape index (κ1) is 33.0. The fourth-order valence-electron chi connectivity index (χ4n) is 4.18. The highest BCUT2D eigenvalue weighted by molar-refractivity contribution is 5.91. The monoisotopic (exact) mass is 590 g/mol. The van der Waals surface area contributed by atoms with Crippen LogP contribution in [0, 0.1) is 0 Å². The zero-order valence-electron chi connectivity index (χ0n) is 25.0. The fraction of sp³-hybridized carbons (Fsp3) is 0.353. The van der Waals surface area contributed by atoms with Crippen LogP contribution in [0.2, 0.25) is 0 Å². The summed E-state index contributed by atoms with van der Waals surface area (Å²) in [7, 11) is 1.70. The van der Waals surface area contributed by atoms with Gasteiger partial charge in [0.1, 0.15) is 17.2 Å². The van der Waals surface area contributed by atoms with Crippen molar-refractivity contribution >= 4 is 29.4 Å². The second-order valence-corrected chi connectivity index (χ2v) is 9.98. The highest BCUT2D eigenvalue weighted by atomic mass is 16.5. The number of carbonyl (C=O) groups is 2. The molecule has 3 aromatic rings. The zero-order chi connectivity index (χ0) is 30.9. The van der Waals surface area contributed by atoms with E-state index in [0.717, 1.165) is 49.8 Å². The van der Waals surface area contributed by atoms with Crippen molar-refractivity contribution in [2.45, 2.75) is 51.6 Å². The van der Waals surface area contributed by atoms with Gasteiger partial charge in [0, 0.05) is 31.0 Å². The minimum absolute atomic E-state index is 0.187. The molecule has 0 bridgehead atoms. The normalized spacial score (nSPS) is 11.7. The number of unbranched alkanes of at least 4 members (excludes halogenated alkanes) is 3. The molecule has 0 heterocycles. The maximum absolute atomic E-state index is 12.2. The lowest BCUT2D eigenvalue weighted by molar-refractivity contribution is -0.128. The number of ether oxygens (including phenoxy) is 5. The third-order valence-corrected chi connectivity index (χ3v) is 6.59. The van der Waals surface area contributed by atoms with Gasteiger partial charge >= 0.3 is 11.9 Å². The molecule has 43 heavy (non-hydrogen) atoms. The number of carbonyl (C=O) groups excluding carboxylic acids is 2. The summed E-state index contributed by atoms with van der Waals surface area (Å²) >= 11 is 0. The van der Waals surface area contributed by atoms with Gasteiger partial charge in [0.05, 0.1) is 31.5 Å². The van der Waals surface area contributed by atoms with E-state index in [4.69, 9.17) is 35.2 Å². The van der Waals surface area contributed by atoms with E-state index in [0.29, 0.717) is 48.3 Å². The smallest absolute Gasteiger partial charge is 0.338 e. The van der Waals surface area contributed by atoms with Crippen LogP contribution < -0.4 is 25.7 Å². The van der Waals surface area contributed by atoms with Crippen molar-refractivity contribution in [2.24, 2.45) is 0 Å². The summed E-state index contributed by atoms with van der Waals surface area (Å²) in [5.41, 5.74) is 13.5. The van der Waals surface area contributed by atoms with Crippen LogP contribution in [0.15, 0.2) is 72.8 Å². The van der Waals surface area contributed by atoms with Crippen molar-refractivity contribution < 1.29 is 33.3 Å². The third kappa shape index (κ3) is 12.5. The van der Waals surface area contributed by atoms with Crippen molar-refractivity contribution in [1.82, 2.24) is 0 Å². The summed E-state index contributed by atoms with van der Waals surface area (Å²) < 4.78 is 27.5. The fourth-order valence-corrected chi connectivity index (χ4v) is 4.18. The van der Waals surface area contributed by atoms with E-state index in [1.54, 1.807) is 55.7 Å². The molecule has 0 saturated carbocycles. The van der Waals surface area contributed by atoms with Crippen LogP contribution in [-0.2, 0) is 14.3 Å². The molecule has 0 aromatic heterocycles. The molecule has 0 spiro atoms. The van der Waals surface area contributed by atoms with Gasteiger partial charge < -0.3 is 35.2 Å². The highest BCUT2D eigenvalue weighted by Crippen LogP contribution is 2.19. The predicted molar refractivity (Wildman–Crippen MR) is 168 cm³/mol. The summed E-state index contributed by atoms with van der Waals surface area (Å²) in [6.45, 7) is 3.56. The second-order valence-electron chi connectivity index (χ2n) is 9.98. The summed E-state index contributed by atoms with van der Waals surface area (Å²) in [6.07, 6.45) is 8.54. The number of methoxy groups -OCH3 is 1. The Morgan fingerprint density at radius 3 is 1.98 bits per heavy atom. The summed E-state index contributed by atoms with van der Waals surface area (Å²) in [6, 6.07) is 19.1. The van der Waals surface area contributed by atoms with Crippen LogP contribution in [0.3, 0.4) is 0 Å². The maximum atomic E-state index is 12.2. The molecule has 0 aliphatic rings. The molecule has 0 amide bonds. The van der Waals surface area contributed by atoms with Crippen LogP contribution in [0.25, 0.3) is 6.08 Å². The Hall–Kier alpha value is -4.50. The van der Waals surface area contributed by atoms with Gasteiger partial charge in [0.2, 0.25) is 0 Å². The molecule has 1 atom stereocenters. The van der Waals surface area contributed by atoms with Gasteiger partial charge in [-0.2, -0.15) is 0 Å². The predicted octanol–water partition coefficient (Wildman–Crippen LogP) is 6.46. The molecule has 4 N–H and O–H groups in total. The van der Waals surface area contributed by atoms with Crippen molar-refractivity contribution in [3.63, 3.8) is 0 Å². The van der Waals surface area contributed by atoms with Crippen molar-refractivity contribution in [2.75, 3.05) is 38.4 Å². The molecule has 0 aliphatic heterocycles. The Morgan fingerprint density at radius 2 is 1.35 bits per heavy atom. The van der Waals surface area contributed by atoms with Gasteiger partial charge in [-0.1, -0.05) is 19.1 Å². The van der Waals surface area contributed by atoms with E-state index < -0.39 is 11.9 Å². The van der Waals surface area contributed by atoms with Gasteiger partial charge in [-0.15, -0.1) is 0 Å². The molecular formula is C34H42N2O7. The third-order valence-electron chi connectivity index (χ3n) is 6.59. The van der Waals surface area contributed by atoms with E-state index in [-0.39, 0.29) is 6.10 Å². The number of anilines is 2. The van der Waals surface area contributed by atoms with Crippen molar-refractivity contribution in [1.29, 1.82) is 0 Å². The molecule has 9 nitrogen and oxygen atoms in total. The van der Waals surface area contributed by atoms with Gasteiger partial charge in [0.25, 0.3) is 0 Å². The summed E-state index contributed by atoms with van der Waals surface area (Å²) in [4.78, 5) is 24.3. The van der Waals surface area contributed by atoms with Gasteiger partial charge in [-0.05, 0) is 98.3 Å². The number of benzene rings is 3. The summed E-state index contributed by atoms with van der Waals surface area (Å²) in [5.74, 6) is 1.02. The first-order valence-corrected chi connectivity index (χ1v) is 14.6. The van der Waals surface area contributed by atoms with E-state index in [1.807, 2.05) is 24.3 Å². The molecule has 0 saturated heterocycles.